The summed E-state index contributed by atoms with van der Waals surface area (Å²) < 4.78 is 5.40. The molecule has 1 N–H and O–H groups in total. The molecule has 0 amide bonds. The quantitative estimate of drug-likeness (QED) is 0.349. The first-order valence-electron chi connectivity index (χ1n) is 12.3. The maximum Gasteiger partial charge on any atom is 0.193 e. The smallest absolute Gasteiger partial charge is 0.193 e. The monoisotopic (exact) mass is 493 g/mol. The highest BCUT2D eigenvalue weighted by Crippen LogP contribution is 2.19. The zero-order valence-corrected chi connectivity index (χ0v) is 20.4. The molecule has 0 saturated carbocycles. The number of aromatic amines is 1. The molecule has 0 unspecified atom stereocenters. The Morgan fingerprint density at radius 3 is 1.78 bits per heavy atom. The third-order valence-electron chi connectivity index (χ3n) is 6.53. The summed E-state index contributed by atoms with van der Waals surface area (Å²) in [4.78, 5) is 40.2. The van der Waals surface area contributed by atoms with Crippen LogP contribution >= 0.6 is 0 Å². The van der Waals surface area contributed by atoms with Crippen molar-refractivity contribution < 1.29 is 19.1 Å². The van der Waals surface area contributed by atoms with Gasteiger partial charge >= 0.3 is 0 Å². The van der Waals surface area contributed by atoms with Crippen LogP contribution < -0.4 is 4.90 Å². The van der Waals surface area contributed by atoms with Gasteiger partial charge in [-0.2, -0.15) is 5.10 Å². The van der Waals surface area contributed by atoms with Gasteiger partial charge in [0, 0.05) is 54.5 Å². The Labute approximate surface area is 215 Å². The van der Waals surface area contributed by atoms with Gasteiger partial charge in [0.05, 0.1) is 13.2 Å². The summed E-state index contributed by atoms with van der Waals surface area (Å²) in [5.41, 5.74) is 5.00. The standard InChI is InChI=1S/C30H27N3O4/c34-28(23-9-11-26(12-10-23)33-15-17-37-18-16-33)19-21-1-5-24(6-2-21)30(36)25-7-3-22(4-8-25)20-29(35)27-13-14-31-32-27/h1-14H,15-20H2,(H,31,32). The van der Waals surface area contributed by atoms with Crippen LogP contribution in [0.5, 0.6) is 0 Å². The number of ketones is 3. The van der Waals surface area contributed by atoms with Crippen molar-refractivity contribution in [3.05, 3.63) is 119 Å². The normalized spacial score (nSPS) is 13.4. The lowest BCUT2D eigenvalue weighted by Gasteiger charge is -2.28. The van der Waals surface area contributed by atoms with E-state index in [4.69, 9.17) is 4.74 Å². The van der Waals surface area contributed by atoms with Crippen molar-refractivity contribution in [2.75, 3.05) is 31.2 Å². The van der Waals surface area contributed by atoms with E-state index in [1.165, 1.54) is 0 Å². The number of rotatable bonds is 9. The number of morpholine rings is 1. The number of Topliss-reactive ketones (excluding diaryl/α,β-unsaturated/α-hetero) is 2. The molecule has 0 aliphatic carbocycles. The number of nitrogens with zero attached hydrogens (tertiary/aromatic N) is 2. The van der Waals surface area contributed by atoms with E-state index in [9.17, 15) is 14.4 Å². The Morgan fingerprint density at radius 2 is 1.24 bits per heavy atom. The molecule has 1 aliphatic rings. The molecule has 7 nitrogen and oxygen atoms in total. The fraction of sp³-hybridized carbons (Fsp3) is 0.200. The number of hydrogen-bond donors (Lipinski definition) is 1. The Morgan fingerprint density at radius 1 is 0.703 bits per heavy atom. The highest BCUT2D eigenvalue weighted by molar-refractivity contribution is 6.09. The van der Waals surface area contributed by atoms with E-state index in [0.29, 0.717) is 22.4 Å². The third kappa shape index (κ3) is 5.90. The molecule has 3 aromatic carbocycles. The summed E-state index contributed by atoms with van der Waals surface area (Å²) in [7, 11) is 0. The molecule has 7 heteroatoms. The second kappa shape index (κ2) is 11.1. The van der Waals surface area contributed by atoms with Crippen molar-refractivity contribution in [3.63, 3.8) is 0 Å². The fourth-order valence-electron chi connectivity index (χ4n) is 4.37. The Hall–Kier alpha value is -4.36. The molecule has 37 heavy (non-hydrogen) atoms. The van der Waals surface area contributed by atoms with E-state index in [2.05, 4.69) is 15.1 Å². The Bertz CT molecular complexity index is 1370. The maximum absolute atomic E-state index is 12.9. The van der Waals surface area contributed by atoms with Gasteiger partial charge in [-0.1, -0.05) is 48.5 Å². The van der Waals surface area contributed by atoms with E-state index in [0.717, 1.165) is 43.1 Å². The SMILES string of the molecule is O=C(Cc1ccc(C(=O)c2ccc(CC(=O)c3ccn[nH]3)cc2)cc1)c1ccc(N2CCOCC2)cc1. The van der Waals surface area contributed by atoms with Gasteiger partial charge in [-0.15, -0.1) is 0 Å². The molecule has 0 radical (unpaired) electrons. The number of anilines is 1. The number of benzene rings is 3. The van der Waals surface area contributed by atoms with Gasteiger partial charge in [-0.3, -0.25) is 19.5 Å². The number of ether oxygens (including phenoxy) is 1. The third-order valence-corrected chi connectivity index (χ3v) is 6.53. The topological polar surface area (TPSA) is 92.4 Å². The number of hydrogen-bond acceptors (Lipinski definition) is 6. The van der Waals surface area contributed by atoms with E-state index in [1.54, 1.807) is 48.7 Å². The van der Waals surface area contributed by atoms with Crippen LogP contribution in [0.25, 0.3) is 0 Å². The molecule has 1 aliphatic heterocycles. The average Bonchev–Trinajstić information content (AvgIpc) is 3.50. The highest BCUT2D eigenvalue weighted by Gasteiger charge is 2.14. The van der Waals surface area contributed by atoms with Crippen LogP contribution in [0.1, 0.15) is 47.9 Å². The first kappa shape index (κ1) is 24.3. The van der Waals surface area contributed by atoms with Gasteiger partial charge in [-0.25, -0.2) is 0 Å². The zero-order valence-electron chi connectivity index (χ0n) is 20.4. The minimum absolute atomic E-state index is 0.0351. The highest BCUT2D eigenvalue weighted by atomic mass is 16.5. The molecule has 1 aromatic heterocycles. The first-order valence-corrected chi connectivity index (χ1v) is 12.3. The Kier molecular flexibility index (Phi) is 7.33. The molecular weight excluding hydrogens is 466 g/mol. The van der Waals surface area contributed by atoms with Crippen molar-refractivity contribution in [3.8, 4) is 0 Å². The maximum atomic E-state index is 12.9. The molecule has 0 bridgehead atoms. The summed E-state index contributed by atoms with van der Waals surface area (Å²) in [5.74, 6) is -0.134. The zero-order chi connectivity index (χ0) is 25.6. The number of carbonyl (C=O) groups is 3. The molecule has 186 valence electrons. The van der Waals surface area contributed by atoms with E-state index >= 15 is 0 Å². The second-order valence-corrected chi connectivity index (χ2v) is 9.04. The van der Waals surface area contributed by atoms with Gasteiger partial charge in [0.2, 0.25) is 0 Å². The molecule has 1 saturated heterocycles. The van der Waals surface area contributed by atoms with Gasteiger partial charge in [-0.05, 0) is 41.5 Å². The predicted molar refractivity (Wildman–Crippen MR) is 140 cm³/mol. The summed E-state index contributed by atoms with van der Waals surface area (Å²) >= 11 is 0. The number of H-pyrrole nitrogens is 1. The van der Waals surface area contributed by atoms with E-state index in [-0.39, 0.29) is 30.2 Å². The van der Waals surface area contributed by atoms with Crippen molar-refractivity contribution in [2.24, 2.45) is 0 Å². The van der Waals surface area contributed by atoms with Crippen LogP contribution in [-0.2, 0) is 17.6 Å². The summed E-state index contributed by atoms with van der Waals surface area (Å²) in [6.07, 6.45) is 2.04. The van der Waals surface area contributed by atoms with Crippen molar-refractivity contribution in [1.29, 1.82) is 0 Å². The number of carbonyl (C=O) groups excluding carboxylic acids is 3. The predicted octanol–water partition coefficient (Wildman–Crippen LogP) is 4.33. The minimum atomic E-state index is -0.108. The van der Waals surface area contributed by atoms with Crippen LogP contribution in [0.15, 0.2) is 85.1 Å². The van der Waals surface area contributed by atoms with Gasteiger partial charge in [0.1, 0.15) is 5.69 Å². The van der Waals surface area contributed by atoms with Crippen LogP contribution in [0, 0.1) is 0 Å². The van der Waals surface area contributed by atoms with Crippen molar-refractivity contribution in [1.82, 2.24) is 10.2 Å². The van der Waals surface area contributed by atoms with Gasteiger partial charge < -0.3 is 9.64 Å². The minimum Gasteiger partial charge on any atom is -0.378 e. The largest absolute Gasteiger partial charge is 0.378 e. The summed E-state index contributed by atoms with van der Waals surface area (Å²) in [6.45, 7) is 3.15. The second-order valence-electron chi connectivity index (χ2n) is 9.04. The molecular formula is C30H27N3O4. The summed E-state index contributed by atoms with van der Waals surface area (Å²) in [5, 5.41) is 6.47. The number of nitrogens with one attached hydrogen (secondary N) is 1. The lowest BCUT2D eigenvalue weighted by atomic mass is 9.97. The lowest BCUT2D eigenvalue weighted by Crippen LogP contribution is -2.36. The lowest BCUT2D eigenvalue weighted by molar-refractivity contribution is 0.0982. The van der Waals surface area contributed by atoms with Crippen LogP contribution in [0.4, 0.5) is 5.69 Å². The molecule has 0 atom stereocenters. The summed E-state index contributed by atoms with van der Waals surface area (Å²) in [6, 6.07) is 23.6. The first-order chi connectivity index (χ1) is 18.1. The van der Waals surface area contributed by atoms with Gasteiger partial charge in [0.25, 0.3) is 0 Å². The van der Waals surface area contributed by atoms with Crippen molar-refractivity contribution in [2.45, 2.75) is 12.8 Å². The molecule has 2 heterocycles. The van der Waals surface area contributed by atoms with Crippen LogP contribution in [-0.4, -0.2) is 53.9 Å². The average molecular weight is 494 g/mol. The van der Waals surface area contributed by atoms with Crippen LogP contribution in [0.3, 0.4) is 0 Å². The molecule has 4 aromatic rings. The fourth-order valence-corrected chi connectivity index (χ4v) is 4.37. The van der Waals surface area contributed by atoms with E-state index in [1.807, 2.05) is 36.4 Å². The van der Waals surface area contributed by atoms with Gasteiger partial charge in [0.15, 0.2) is 17.3 Å². The Balaban J connectivity index is 1.18. The number of aromatic nitrogens is 2. The van der Waals surface area contributed by atoms with Crippen molar-refractivity contribution >= 4 is 23.0 Å². The molecule has 1 fully saturated rings. The van der Waals surface area contributed by atoms with E-state index < -0.39 is 0 Å². The molecule has 0 spiro atoms. The molecule has 5 rings (SSSR count). The van der Waals surface area contributed by atoms with Crippen LogP contribution in [0.2, 0.25) is 0 Å².